The summed E-state index contributed by atoms with van der Waals surface area (Å²) in [4.78, 5) is 13.8. The van der Waals surface area contributed by atoms with Gasteiger partial charge in [-0.1, -0.05) is 0 Å². The van der Waals surface area contributed by atoms with Gasteiger partial charge in [-0.2, -0.15) is 5.10 Å². The summed E-state index contributed by atoms with van der Waals surface area (Å²) in [7, 11) is 5.05. The molecule has 3 rings (SSSR count). The van der Waals surface area contributed by atoms with Gasteiger partial charge in [-0.3, -0.25) is 9.48 Å². The Kier molecular flexibility index (Phi) is 4.33. The van der Waals surface area contributed by atoms with Gasteiger partial charge >= 0.3 is 0 Å². The van der Waals surface area contributed by atoms with Crippen LogP contribution in [0.25, 0.3) is 0 Å². The molecule has 0 atom stereocenters. The Morgan fingerprint density at radius 1 is 1.17 bits per heavy atom. The third-order valence-electron chi connectivity index (χ3n) is 4.30. The molecular formula is C17H22N4O3. The van der Waals surface area contributed by atoms with Crippen molar-refractivity contribution in [2.24, 2.45) is 0 Å². The lowest BCUT2D eigenvalue weighted by Gasteiger charge is -2.22. The van der Waals surface area contributed by atoms with Crippen molar-refractivity contribution in [2.75, 3.05) is 33.1 Å². The number of hydrogen-bond donors (Lipinski definition) is 1. The first-order valence-electron chi connectivity index (χ1n) is 7.82. The van der Waals surface area contributed by atoms with Crippen molar-refractivity contribution in [3.8, 4) is 11.5 Å². The van der Waals surface area contributed by atoms with Crippen LogP contribution in [0.2, 0.25) is 0 Å². The molecule has 0 saturated heterocycles. The number of carbonyl (C=O) groups excluding carboxylic acids is 1. The van der Waals surface area contributed by atoms with Crippen LogP contribution >= 0.6 is 0 Å². The molecule has 1 N–H and O–H groups in total. The highest BCUT2D eigenvalue weighted by Crippen LogP contribution is 2.30. The van der Waals surface area contributed by atoms with Gasteiger partial charge in [0.1, 0.15) is 11.5 Å². The van der Waals surface area contributed by atoms with E-state index in [0.717, 1.165) is 11.1 Å². The second-order valence-corrected chi connectivity index (χ2v) is 5.85. The number of rotatable bonds is 5. The Labute approximate surface area is 141 Å². The standard InChI is InChI=1S/C17H22N4O3/c1-11-7-14(23-3)15(24-4)8-12(11)10-18-16-9-13-17(22)20(2)5-6-21(13)19-16/h7-9H,5-6,10H2,1-4H3,(H,18,19). The molecule has 1 aliphatic heterocycles. The van der Waals surface area contributed by atoms with E-state index in [1.807, 2.05) is 19.1 Å². The van der Waals surface area contributed by atoms with E-state index in [2.05, 4.69) is 10.4 Å². The molecule has 0 unspecified atom stereocenters. The molecule has 0 saturated carbocycles. The van der Waals surface area contributed by atoms with E-state index in [0.29, 0.717) is 42.6 Å². The molecule has 24 heavy (non-hydrogen) atoms. The number of nitrogens with zero attached hydrogens (tertiary/aromatic N) is 3. The fraction of sp³-hybridized carbons (Fsp3) is 0.412. The molecule has 7 heteroatoms. The van der Waals surface area contributed by atoms with Gasteiger partial charge in [0.25, 0.3) is 5.91 Å². The van der Waals surface area contributed by atoms with Crippen molar-refractivity contribution in [1.29, 1.82) is 0 Å². The van der Waals surface area contributed by atoms with E-state index in [1.54, 1.807) is 36.9 Å². The average molecular weight is 330 g/mol. The maximum absolute atomic E-state index is 12.1. The van der Waals surface area contributed by atoms with E-state index in [4.69, 9.17) is 9.47 Å². The van der Waals surface area contributed by atoms with E-state index in [-0.39, 0.29) is 5.91 Å². The van der Waals surface area contributed by atoms with Crippen molar-refractivity contribution in [3.63, 3.8) is 0 Å². The summed E-state index contributed by atoms with van der Waals surface area (Å²) in [6, 6.07) is 5.71. The lowest BCUT2D eigenvalue weighted by atomic mass is 10.1. The summed E-state index contributed by atoms with van der Waals surface area (Å²) in [5, 5.41) is 7.74. The van der Waals surface area contributed by atoms with Crippen molar-refractivity contribution < 1.29 is 14.3 Å². The molecule has 1 amide bonds. The van der Waals surface area contributed by atoms with E-state index in [1.165, 1.54) is 0 Å². The molecule has 0 spiro atoms. The molecule has 7 nitrogen and oxygen atoms in total. The largest absolute Gasteiger partial charge is 0.493 e. The minimum absolute atomic E-state index is 0.00379. The number of aromatic nitrogens is 2. The molecule has 1 aliphatic rings. The number of carbonyl (C=O) groups is 1. The summed E-state index contributed by atoms with van der Waals surface area (Å²) in [6.07, 6.45) is 0. The average Bonchev–Trinajstić information content (AvgIpc) is 3.00. The first kappa shape index (κ1) is 16.2. The van der Waals surface area contributed by atoms with Gasteiger partial charge in [0.05, 0.1) is 20.8 Å². The SMILES string of the molecule is COc1cc(C)c(CNc2cc3n(n2)CCN(C)C3=O)cc1OC. The Morgan fingerprint density at radius 2 is 1.88 bits per heavy atom. The molecule has 1 aromatic carbocycles. The molecule has 0 fully saturated rings. The zero-order valence-electron chi connectivity index (χ0n) is 14.4. The van der Waals surface area contributed by atoms with Crippen LogP contribution in [-0.2, 0) is 13.1 Å². The van der Waals surface area contributed by atoms with Gasteiger partial charge in [0.2, 0.25) is 0 Å². The van der Waals surface area contributed by atoms with Crippen molar-refractivity contribution in [3.05, 3.63) is 35.0 Å². The fourth-order valence-corrected chi connectivity index (χ4v) is 2.79. The zero-order chi connectivity index (χ0) is 17.3. The number of benzene rings is 1. The summed E-state index contributed by atoms with van der Waals surface area (Å²) in [5.74, 6) is 2.11. The quantitative estimate of drug-likeness (QED) is 0.907. The van der Waals surface area contributed by atoms with Crippen LogP contribution in [0, 0.1) is 6.92 Å². The van der Waals surface area contributed by atoms with Crippen LogP contribution in [0.5, 0.6) is 11.5 Å². The Balaban J connectivity index is 1.77. The third-order valence-corrected chi connectivity index (χ3v) is 4.30. The second kappa shape index (κ2) is 6.43. The monoisotopic (exact) mass is 330 g/mol. The number of methoxy groups -OCH3 is 2. The number of anilines is 1. The van der Waals surface area contributed by atoms with Crippen molar-refractivity contribution >= 4 is 11.7 Å². The number of nitrogens with one attached hydrogen (secondary N) is 1. The minimum Gasteiger partial charge on any atom is -0.493 e. The first-order chi connectivity index (χ1) is 11.5. The Bertz CT molecular complexity index is 769. The van der Waals surface area contributed by atoms with Crippen LogP contribution in [0.3, 0.4) is 0 Å². The van der Waals surface area contributed by atoms with Gasteiger partial charge in [-0.15, -0.1) is 0 Å². The molecule has 128 valence electrons. The van der Waals surface area contributed by atoms with Crippen LogP contribution < -0.4 is 14.8 Å². The lowest BCUT2D eigenvalue weighted by molar-refractivity contribution is 0.0743. The van der Waals surface area contributed by atoms with Gasteiger partial charge in [-0.25, -0.2) is 0 Å². The first-order valence-corrected chi connectivity index (χ1v) is 7.82. The van der Waals surface area contributed by atoms with E-state index in [9.17, 15) is 4.79 Å². The van der Waals surface area contributed by atoms with Gasteiger partial charge in [0.15, 0.2) is 11.5 Å². The Morgan fingerprint density at radius 3 is 2.58 bits per heavy atom. The predicted octanol–water partition coefficient (Wildman–Crippen LogP) is 1.91. The fourth-order valence-electron chi connectivity index (χ4n) is 2.79. The minimum atomic E-state index is 0.00379. The summed E-state index contributed by atoms with van der Waals surface area (Å²) >= 11 is 0. The zero-order valence-corrected chi connectivity index (χ0v) is 14.4. The predicted molar refractivity (Wildman–Crippen MR) is 90.8 cm³/mol. The highest BCUT2D eigenvalue weighted by molar-refractivity contribution is 5.93. The van der Waals surface area contributed by atoms with Crippen LogP contribution in [-0.4, -0.2) is 48.4 Å². The maximum Gasteiger partial charge on any atom is 0.272 e. The van der Waals surface area contributed by atoms with E-state index < -0.39 is 0 Å². The number of fused-ring (bicyclic) bond motifs is 1. The smallest absolute Gasteiger partial charge is 0.272 e. The van der Waals surface area contributed by atoms with Gasteiger partial charge < -0.3 is 19.7 Å². The van der Waals surface area contributed by atoms with Crippen molar-refractivity contribution in [1.82, 2.24) is 14.7 Å². The molecule has 0 bridgehead atoms. The molecule has 2 aromatic rings. The topological polar surface area (TPSA) is 68.6 Å². The molecule has 0 radical (unpaired) electrons. The van der Waals surface area contributed by atoms with Gasteiger partial charge in [-0.05, 0) is 30.2 Å². The molecule has 1 aromatic heterocycles. The molecule has 0 aliphatic carbocycles. The van der Waals surface area contributed by atoms with Crippen LogP contribution in [0.15, 0.2) is 18.2 Å². The summed E-state index contributed by atoms with van der Waals surface area (Å²) < 4.78 is 12.4. The molecular weight excluding hydrogens is 308 g/mol. The number of hydrogen-bond acceptors (Lipinski definition) is 5. The summed E-state index contributed by atoms with van der Waals surface area (Å²) in [6.45, 7) is 4.01. The van der Waals surface area contributed by atoms with Gasteiger partial charge in [0, 0.05) is 26.2 Å². The van der Waals surface area contributed by atoms with E-state index >= 15 is 0 Å². The highest BCUT2D eigenvalue weighted by atomic mass is 16.5. The third kappa shape index (κ3) is 2.89. The maximum atomic E-state index is 12.1. The highest BCUT2D eigenvalue weighted by Gasteiger charge is 2.23. The number of aryl methyl sites for hydroxylation is 1. The number of likely N-dealkylation sites (N-methyl/N-ethyl adjacent to an activating group) is 1. The normalized spacial score (nSPS) is 13.7. The summed E-state index contributed by atoms with van der Waals surface area (Å²) in [5.41, 5.74) is 2.80. The molecule has 2 heterocycles. The number of ether oxygens (including phenoxy) is 2. The van der Waals surface area contributed by atoms with Crippen LogP contribution in [0.1, 0.15) is 21.6 Å². The number of amides is 1. The lowest BCUT2D eigenvalue weighted by Crippen LogP contribution is -2.37. The van der Waals surface area contributed by atoms with Crippen molar-refractivity contribution in [2.45, 2.75) is 20.0 Å². The van der Waals surface area contributed by atoms with Crippen LogP contribution in [0.4, 0.5) is 5.82 Å². The Hall–Kier alpha value is -2.70. The second-order valence-electron chi connectivity index (χ2n) is 5.85.